The van der Waals surface area contributed by atoms with Crippen LogP contribution in [0.15, 0.2) is 72.9 Å². The van der Waals surface area contributed by atoms with Crippen LogP contribution in [0.3, 0.4) is 0 Å². The number of nitrogens with one attached hydrogen (secondary N) is 1. The van der Waals surface area contributed by atoms with Gasteiger partial charge in [0.25, 0.3) is 0 Å². The maximum atomic E-state index is 13.2. The Morgan fingerprint density at radius 3 is 1.32 bits per heavy atom. The summed E-state index contributed by atoms with van der Waals surface area (Å²) in [6.07, 6.45) is 51.7. The molecule has 14 heteroatoms. The number of aliphatic hydroxyl groups excluding tert-OH is 8. The van der Waals surface area contributed by atoms with Crippen LogP contribution in [-0.4, -0.2) is 140 Å². The molecule has 2 rings (SSSR count). The van der Waals surface area contributed by atoms with Crippen molar-refractivity contribution in [2.45, 2.75) is 319 Å². The summed E-state index contributed by atoms with van der Waals surface area (Å²) in [7, 11) is 0. The van der Waals surface area contributed by atoms with Crippen LogP contribution in [0.1, 0.15) is 245 Å². The maximum absolute atomic E-state index is 13.2. The van der Waals surface area contributed by atoms with E-state index in [1.165, 1.54) is 135 Å². The summed E-state index contributed by atoms with van der Waals surface area (Å²) in [5.74, 6) is -0.242. The van der Waals surface area contributed by atoms with Gasteiger partial charge in [0.1, 0.15) is 48.8 Å². The molecule has 2 saturated heterocycles. The van der Waals surface area contributed by atoms with Gasteiger partial charge >= 0.3 is 0 Å². The standard InChI is InChI=1S/C66H117NO13/c1-3-5-7-9-11-12-13-14-15-16-17-18-19-20-21-22-23-24-25-26-27-28-29-30-31-32-33-34-35-36-37-38-39-40-41-42-44-46-48-50-58(71)67-54(55(70)49-47-45-43-10-8-6-4-2)53-77-65-63(76)61(74)64(57(52-69)79-65)80-66-62(75)60(73)59(72)56(51-68)78-66/h5,7,11-12,14-15,17-18,20-21,47,49,54-57,59-66,68-70,72-76H,3-4,6,8-10,13,16,19,22-46,48,50-53H2,1-2H3,(H,67,71)/b7-5-,12-11-,15-14-,18-17-,21-20-,49-47+. The van der Waals surface area contributed by atoms with Gasteiger partial charge in [-0.05, 0) is 64.2 Å². The molecule has 2 heterocycles. The third kappa shape index (κ3) is 35.5. The van der Waals surface area contributed by atoms with E-state index in [4.69, 9.17) is 18.9 Å². The molecule has 2 aliphatic rings. The summed E-state index contributed by atoms with van der Waals surface area (Å²) in [4.78, 5) is 13.2. The first-order chi connectivity index (χ1) is 39.1. The highest BCUT2D eigenvalue weighted by Crippen LogP contribution is 2.30. The fraction of sp³-hybridized carbons (Fsp3) is 0.803. The fourth-order valence-electron chi connectivity index (χ4n) is 10.3. The monoisotopic (exact) mass is 1130 g/mol. The lowest BCUT2D eigenvalue weighted by atomic mass is 9.97. The smallest absolute Gasteiger partial charge is 0.220 e. The van der Waals surface area contributed by atoms with Crippen molar-refractivity contribution in [1.82, 2.24) is 5.32 Å². The number of hydrogen-bond donors (Lipinski definition) is 9. The van der Waals surface area contributed by atoms with Crippen LogP contribution in [0, 0.1) is 0 Å². The van der Waals surface area contributed by atoms with Crippen molar-refractivity contribution < 1.29 is 64.6 Å². The fourth-order valence-corrected chi connectivity index (χ4v) is 10.3. The number of carbonyl (C=O) groups excluding carboxylic acids is 1. The second-order valence-corrected chi connectivity index (χ2v) is 22.5. The predicted octanol–water partition coefficient (Wildman–Crippen LogP) is 11.9. The number of aliphatic hydroxyl groups is 8. The summed E-state index contributed by atoms with van der Waals surface area (Å²) < 4.78 is 22.7. The van der Waals surface area contributed by atoms with E-state index in [1.54, 1.807) is 6.08 Å². The molecule has 12 atom stereocenters. The van der Waals surface area contributed by atoms with E-state index in [2.05, 4.69) is 79.9 Å². The number of ether oxygens (including phenoxy) is 4. The van der Waals surface area contributed by atoms with Gasteiger partial charge in [0.05, 0.1) is 32.0 Å². The number of rotatable bonds is 51. The van der Waals surface area contributed by atoms with E-state index in [0.29, 0.717) is 6.42 Å². The highest BCUT2D eigenvalue weighted by atomic mass is 16.7. The quantitative estimate of drug-likeness (QED) is 0.0204. The molecule has 0 aromatic carbocycles. The van der Waals surface area contributed by atoms with Gasteiger partial charge in [0.2, 0.25) is 5.91 Å². The second kappa shape index (κ2) is 50.9. The van der Waals surface area contributed by atoms with Crippen LogP contribution < -0.4 is 5.32 Å². The molecule has 0 aromatic heterocycles. The van der Waals surface area contributed by atoms with E-state index >= 15 is 0 Å². The Bertz CT molecular complexity index is 1620. The van der Waals surface area contributed by atoms with Crippen LogP contribution in [0.25, 0.3) is 0 Å². The molecular weight excluding hydrogens is 1010 g/mol. The molecule has 9 N–H and O–H groups in total. The number of unbranched alkanes of at least 4 members (excludes halogenated alkanes) is 28. The van der Waals surface area contributed by atoms with Crippen molar-refractivity contribution >= 4 is 5.91 Å². The highest BCUT2D eigenvalue weighted by Gasteiger charge is 2.51. The van der Waals surface area contributed by atoms with Crippen LogP contribution >= 0.6 is 0 Å². The summed E-state index contributed by atoms with van der Waals surface area (Å²) in [6.45, 7) is 2.61. The molecular formula is C66H117NO13. The SMILES string of the molecule is CC/C=C\C/C=C\C/C=C\C/C=C\C/C=C\CCCCCCCCCCCCCCCCCCCCCCCCCC(=O)NC(COC1OC(CO)C(OC2OC(CO)C(O)C(O)C2O)C(O)C1O)C(O)/C=C/CCCCCCC. The lowest BCUT2D eigenvalue weighted by molar-refractivity contribution is -0.359. The van der Waals surface area contributed by atoms with E-state index in [9.17, 15) is 45.6 Å². The molecule has 0 aromatic rings. The number of hydrogen-bond acceptors (Lipinski definition) is 13. The topological polar surface area (TPSA) is 228 Å². The average Bonchev–Trinajstić information content (AvgIpc) is 3.48. The van der Waals surface area contributed by atoms with Crippen LogP contribution in [0.4, 0.5) is 0 Å². The lowest BCUT2D eigenvalue weighted by Gasteiger charge is -2.46. The Hall–Kier alpha value is -2.57. The van der Waals surface area contributed by atoms with Crippen LogP contribution in [0.5, 0.6) is 0 Å². The second-order valence-electron chi connectivity index (χ2n) is 22.5. The predicted molar refractivity (Wildman–Crippen MR) is 323 cm³/mol. The minimum Gasteiger partial charge on any atom is -0.394 e. The van der Waals surface area contributed by atoms with Crippen LogP contribution in [0.2, 0.25) is 0 Å². The number of allylic oxidation sites excluding steroid dienone is 11. The third-order valence-electron chi connectivity index (χ3n) is 15.4. The van der Waals surface area contributed by atoms with Gasteiger partial charge in [0.15, 0.2) is 12.6 Å². The van der Waals surface area contributed by atoms with Gasteiger partial charge in [-0.3, -0.25) is 4.79 Å². The first kappa shape index (κ1) is 73.5. The summed E-state index contributed by atoms with van der Waals surface area (Å²) in [5.41, 5.74) is 0. The van der Waals surface area contributed by atoms with Crippen molar-refractivity contribution in [1.29, 1.82) is 0 Å². The Balaban J connectivity index is 1.50. The Morgan fingerprint density at radius 1 is 0.463 bits per heavy atom. The highest BCUT2D eigenvalue weighted by molar-refractivity contribution is 5.76. The summed E-state index contributed by atoms with van der Waals surface area (Å²) in [5, 5.41) is 86.7. The maximum Gasteiger partial charge on any atom is 0.220 e. The molecule has 0 aliphatic carbocycles. The van der Waals surface area contributed by atoms with Crippen molar-refractivity contribution in [3.05, 3.63) is 72.9 Å². The normalized spacial score (nSPS) is 24.7. The zero-order valence-corrected chi connectivity index (χ0v) is 50.1. The third-order valence-corrected chi connectivity index (χ3v) is 15.4. The molecule has 0 radical (unpaired) electrons. The molecule has 2 aliphatic heterocycles. The zero-order chi connectivity index (χ0) is 58.1. The lowest BCUT2D eigenvalue weighted by Crippen LogP contribution is -2.65. The summed E-state index contributed by atoms with van der Waals surface area (Å²) >= 11 is 0. The molecule has 464 valence electrons. The van der Waals surface area contributed by atoms with E-state index in [-0.39, 0.29) is 18.9 Å². The largest absolute Gasteiger partial charge is 0.394 e. The minimum atomic E-state index is -1.79. The first-order valence-electron chi connectivity index (χ1n) is 32.2. The molecule has 1 amide bonds. The molecule has 0 bridgehead atoms. The molecule has 80 heavy (non-hydrogen) atoms. The van der Waals surface area contributed by atoms with Gasteiger partial charge in [-0.2, -0.15) is 0 Å². The van der Waals surface area contributed by atoms with E-state index < -0.39 is 86.8 Å². The molecule has 0 saturated carbocycles. The number of amides is 1. The van der Waals surface area contributed by atoms with Gasteiger partial charge in [0, 0.05) is 6.42 Å². The first-order valence-corrected chi connectivity index (χ1v) is 32.2. The van der Waals surface area contributed by atoms with Crippen molar-refractivity contribution in [2.24, 2.45) is 0 Å². The van der Waals surface area contributed by atoms with Crippen molar-refractivity contribution in [3.8, 4) is 0 Å². The minimum absolute atomic E-state index is 0.242. The number of carbonyl (C=O) groups is 1. The van der Waals surface area contributed by atoms with Gasteiger partial charge in [-0.15, -0.1) is 0 Å². The van der Waals surface area contributed by atoms with Crippen molar-refractivity contribution in [3.63, 3.8) is 0 Å². The zero-order valence-electron chi connectivity index (χ0n) is 50.1. The Labute approximate surface area is 485 Å². The Morgan fingerprint density at radius 2 is 0.863 bits per heavy atom. The molecule has 12 unspecified atom stereocenters. The summed E-state index contributed by atoms with van der Waals surface area (Å²) in [6, 6.07) is -0.911. The van der Waals surface area contributed by atoms with Gasteiger partial charge in [-0.1, -0.05) is 247 Å². The average molecular weight is 1130 g/mol. The Kier molecular flexibility index (Phi) is 46.8. The molecule has 2 fully saturated rings. The molecule has 14 nitrogen and oxygen atoms in total. The molecule has 0 spiro atoms. The van der Waals surface area contributed by atoms with Crippen molar-refractivity contribution in [2.75, 3.05) is 19.8 Å². The van der Waals surface area contributed by atoms with E-state index in [0.717, 1.165) is 83.5 Å². The van der Waals surface area contributed by atoms with E-state index in [1.807, 2.05) is 6.08 Å². The van der Waals surface area contributed by atoms with Crippen LogP contribution in [-0.2, 0) is 23.7 Å². The van der Waals surface area contributed by atoms with Gasteiger partial charge < -0.3 is 65.1 Å². The van der Waals surface area contributed by atoms with Gasteiger partial charge in [-0.25, -0.2) is 0 Å².